The van der Waals surface area contributed by atoms with Crippen LogP contribution < -0.4 is 0 Å². The zero-order chi connectivity index (χ0) is 12.5. The van der Waals surface area contributed by atoms with Gasteiger partial charge in [-0.15, -0.1) is 0 Å². The second-order valence-corrected chi connectivity index (χ2v) is 4.91. The molecule has 94 valence electrons. The van der Waals surface area contributed by atoms with Crippen LogP contribution in [0.1, 0.15) is 23.7 Å². The van der Waals surface area contributed by atoms with Gasteiger partial charge in [0.1, 0.15) is 0 Å². The highest BCUT2D eigenvalue weighted by atomic mass is 35.5. The van der Waals surface area contributed by atoms with E-state index in [0.29, 0.717) is 17.5 Å². The normalized spacial score (nSPS) is 19.3. The van der Waals surface area contributed by atoms with Crippen LogP contribution in [0.4, 0.5) is 0 Å². The van der Waals surface area contributed by atoms with Crippen molar-refractivity contribution < 1.29 is 9.26 Å². The van der Waals surface area contributed by atoms with Crippen LogP contribution in [0.3, 0.4) is 0 Å². The van der Waals surface area contributed by atoms with E-state index in [2.05, 4.69) is 10.1 Å². The summed E-state index contributed by atoms with van der Waals surface area (Å²) < 4.78 is 10.7. The van der Waals surface area contributed by atoms with Crippen molar-refractivity contribution in [1.82, 2.24) is 10.1 Å². The lowest BCUT2D eigenvalue weighted by molar-refractivity contribution is 0.192. The average molecular weight is 265 g/mol. The van der Waals surface area contributed by atoms with Gasteiger partial charge in [-0.2, -0.15) is 4.98 Å². The van der Waals surface area contributed by atoms with Crippen molar-refractivity contribution in [3.8, 4) is 11.5 Å². The fourth-order valence-corrected chi connectivity index (χ4v) is 2.34. The summed E-state index contributed by atoms with van der Waals surface area (Å²) in [6.45, 7) is 3.43. The van der Waals surface area contributed by atoms with E-state index in [0.717, 1.165) is 30.0 Å². The molecule has 1 aromatic heterocycles. The van der Waals surface area contributed by atoms with Gasteiger partial charge < -0.3 is 9.26 Å². The second-order valence-electron chi connectivity index (χ2n) is 4.48. The number of aromatic nitrogens is 2. The molecule has 1 fully saturated rings. The average Bonchev–Trinajstić information content (AvgIpc) is 2.99. The van der Waals surface area contributed by atoms with Gasteiger partial charge in [-0.25, -0.2) is 0 Å². The van der Waals surface area contributed by atoms with Crippen LogP contribution in [0.5, 0.6) is 0 Å². The molecule has 1 saturated heterocycles. The van der Waals surface area contributed by atoms with E-state index in [1.807, 2.05) is 25.1 Å². The Morgan fingerprint density at radius 2 is 2.28 bits per heavy atom. The Morgan fingerprint density at radius 1 is 1.39 bits per heavy atom. The largest absolute Gasteiger partial charge is 0.381 e. The first-order chi connectivity index (χ1) is 8.74. The summed E-state index contributed by atoms with van der Waals surface area (Å²) in [4.78, 5) is 4.45. The molecule has 0 radical (unpaired) electrons. The second kappa shape index (κ2) is 4.71. The molecule has 5 heteroatoms. The molecule has 0 unspecified atom stereocenters. The quantitative estimate of drug-likeness (QED) is 0.836. The number of rotatable bonds is 2. The lowest BCUT2D eigenvalue weighted by Crippen LogP contribution is -1.99. The molecule has 1 aromatic carbocycles. The Hall–Kier alpha value is -1.39. The highest BCUT2D eigenvalue weighted by molar-refractivity contribution is 6.30. The van der Waals surface area contributed by atoms with Gasteiger partial charge in [0.05, 0.1) is 6.61 Å². The zero-order valence-corrected chi connectivity index (χ0v) is 10.8. The fourth-order valence-electron chi connectivity index (χ4n) is 2.12. The summed E-state index contributed by atoms with van der Waals surface area (Å²) >= 11 is 5.93. The lowest BCUT2D eigenvalue weighted by Gasteiger charge is -2.00. The molecule has 0 saturated carbocycles. The number of ether oxygens (including phenoxy) is 1. The van der Waals surface area contributed by atoms with E-state index >= 15 is 0 Å². The Balaban J connectivity index is 1.92. The maximum Gasteiger partial charge on any atom is 0.258 e. The molecule has 0 spiro atoms. The van der Waals surface area contributed by atoms with Crippen molar-refractivity contribution in [2.75, 3.05) is 13.2 Å². The summed E-state index contributed by atoms with van der Waals surface area (Å²) in [5, 5.41) is 4.75. The third-order valence-electron chi connectivity index (χ3n) is 3.16. The molecule has 1 atom stereocenters. The topological polar surface area (TPSA) is 48.2 Å². The molecule has 2 aromatic rings. The van der Waals surface area contributed by atoms with Gasteiger partial charge in [0, 0.05) is 23.1 Å². The molecular formula is C13H13ClN2O2. The zero-order valence-electron chi connectivity index (χ0n) is 10.0. The molecule has 18 heavy (non-hydrogen) atoms. The first kappa shape index (κ1) is 11.7. The van der Waals surface area contributed by atoms with Crippen LogP contribution in [0.25, 0.3) is 11.5 Å². The molecule has 0 N–H and O–H groups in total. The van der Waals surface area contributed by atoms with Gasteiger partial charge in [0.2, 0.25) is 0 Å². The van der Waals surface area contributed by atoms with Crippen molar-refractivity contribution >= 4 is 11.6 Å². The summed E-state index contributed by atoms with van der Waals surface area (Å²) in [5.74, 6) is 1.54. The summed E-state index contributed by atoms with van der Waals surface area (Å²) in [7, 11) is 0. The third-order valence-corrected chi connectivity index (χ3v) is 3.39. The van der Waals surface area contributed by atoms with Crippen molar-refractivity contribution in [3.63, 3.8) is 0 Å². The SMILES string of the molecule is Cc1cc(Cl)ccc1-c1nc([C@@H]2CCOC2)no1. The molecule has 0 aliphatic carbocycles. The number of hydrogen-bond acceptors (Lipinski definition) is 4. The van der Waals surface area contributed by atoms with Gasteiger partial charge in [0.25, 0.3) is 5.89 Å². The number of hydrogen-bond donors (Lipinski definition) is 0. The van der Waals surface area contributed by atoms with E-state index in [-0.39, 0.29) is 5.92 Å². The third kappa shape index (κ3) is 2.13. The summed E-state index contributed by atoms with van der Waals surface area (Å²) in [6, 6.07) is 5.62. The number of benzene rings is 1. The van der Waals surface area contributed by atoms with Crippen LogP contribution in [0.2, 0.25) is 5.02 Å². The van der Waals surface area contributed by atoms with E-state index in [9.17, 15) is 0 Å². The van der Waals surface area contributed by atoms with Gasteiger partial charge in [-0.3, -0.25) is 0 Å². The lowest BCUT2D eigenvalue weighted by atomic mass is 10.1. The first-order valence-electron chi connectivity index (χ1n) is 5.92. The minimum atomic E-state index is 0.259. The molecule has 1 aliphatic heterocycles. The molecule has 1 aliphatic rings. The fraction of sp³-hybridized carbons (Fsp3) is 0.385. The summed E-state index contributed by atoms with van der Waals surface area (Å²) in [6.07, 6.45) is 0.957. The Bertz CT molecular complexity index is 562. The van der Waals surface area contributed by atoms with E-state index < -0.39 is 0 Å². The van der Waals surface area contributed by atoms with E-state index in [1.165, 1.54) is 0 Å². The van der Waals surface area contributed by atoms with Gasteiger partial charge in [0.15, 0.2) is 5.82 Å². The molecule has 4 nitrogen and oxygen atoms in total. The molecule has 3 rings (SSSR count). The maximum atomic E-state index is 5.93. The van der Waals surface area contributed by atoms with Crippen LogP contribution in [-0.2, 0) is 4.74 Å². The van der Waals surface area contributed by atoms with Crippen LogP contribution >= 0.6 is 11.6 Å². The Kier molecular flexibility index (Phi) is 3.06. The number of nitrogens with zero attached hydrogens (tertiary/aromatic N) is 2. The van der Waals surface area contributed by atoms with Crippen LogP contribution in [-0.4, -0.2) is 23.4 Å². The van der Waals surface area contributed by atoms with Crippen molar-refractivity contribution in [2.45, 2.75) is 19.3 Å². The minimum absolute atomic E-state index is 0.259. The van der Waals surface area contributed by atoms with Gasteiger partial charge in [-0.05, 0) is 37.1 Å². The number of aryl methyl sites for hydroxylation is 1. The smallest absolute Gasteiger partial charge is 0.258 e. The molecule has 2 heterocycles. The monoisotopic (exact) mass is 264 g/mol. The van der Waals surface area contributed by atoms with Crippen LogP contribution in [0, 0.1) is 6.92 Å². The van der Waals surface area contributed by atoms with Crippen molar-refractivity contribution in [3.05, 3.63) is 34.6 Å². The van der Waals surface area contributed by atoms with Crippen LogP contribution in [0.15, 0.2) is 22.7 Å². The minimum Gasteiger partial charge on any atom is -0.381 e. The first-order valence-corrected chi connectivity index (χ1v) is 6.30. The number of halogens is 1. The predicted octanol–water partition coefficient (Wildman–Crippen LogP) is 3.20. The molecule has 0 bridgehead atoms. The molecular weight excluding hydrogens is 252 g/mol. The summed E-state index contributed by atoms with van der Waals surface area (Å²) in [5.41, 5.74) is 1.96. The highest BCUT2D eigenvalue weighted by Crippen LogP contribution is 2.28. The van der Waals surface area contributed by atoms with E-state index in [4.69, 9.17) is 20.9 Å². The van der Waals surface area contributed by atoms with Crippen molar-refractivity contribution in [2.24, 2.45) is 0 Å². The van der Waals surface area contributed by atoms with Crippen molar-refractivity contribution in [1.29, 1.82) is 0 Å². The predicted molar refractivity (Wildman–Crippen MR) is 67.7 cm³/mol. The van der Waals surface area contributed by atoms with Gasteiger partial charge >= 0.3 is 0 Å². The molecule has 0 amide bonds. The maximum absolute atomic E-state index is 5.93. The Morgan fingerprint density at radius 3 is 3.00 bits per heavy atom. The van der Waals surface area contributed by atoms with Gasteiger partial charge in [-0.1, -0.05) is 16.8 Å². The Labute approximate surface area is 110 Å². The highest BCUT2D eigenvalue weighted by Gasteiger charge is 2.23. The standard InChI is InChI=1S/C13H13ClN2O2/c1-8-6-10(14)2-3-11(8)13-15-12(16-18-13)9-4-5-17-7-9/h2-3,6,9H,4-5,7H2,1H3/t9-/m1/s1. The van der Waals surface area contributed by atoms with E-state index in [1.54, 1.807) is 0 Å².